The summed E-state index contributed by atoms with van der Waals surface area (Å²) in [4.78, 5) is 12.7. The average Bonchev–Trinajstić information content (AvgIpc) is 2.72. The Morgan fingerprint density at radius 1 is 1.03 bits per heavy atom. The largest absolute Gasteiger partial charge is 0.495 e. The van der Waals surface area contributed by atoms with Gasteiger partial charge in [-0.15, -0.1) is 0 Å². The molecule has 0 fully saturated rings. The van der Waals surface area contributed by atoms with E-state index in [0.29, 0.717) is 22.7 Å². The molecule has 2 N–H and O–H groups in total. The Bertz CT molecular complexity index is 1180. The summed E-state index contributed by atoms with van der Waals surface area (Å²) in [5, 5.41) is 2.72. The first-order chi connectivity index (χ1) is 14.7. The van der Waals surface area contributed by atoms with Crippen LogP contribution >= 0.6 is 0 Å². The second kappa shape index (κ2) is 9.48. The molecule has 0 aliphatic carbocycles. The van der Waals surface area contributed by atoms with Gasteiger partial charge in [-0.25, -0.2) is 12.8 Å². The van der Waals surface area contributed by atoms with Crippen molar-refractivity contribution in [3.63, 3.8) is 0 Å². The van der Waals surface area contributed by atoms with Crippen LogP contribution in [0.25, 0.3) is 0 Å². The molecule has 3 aromatic carbocycles. The fraction of sp³-hybridized carbons (Fsp3) is 0.136. The van der Waals surface area contributed by atoms with Crippen LogP contribution in [0.5, 0.6) is 11.5 Å². The fourth-order valence-corrected chi connectivity index (χ4v) is 3.30. The molecule has 3 rings (SSSR count). The molecule has 0 spiro atoms. The van der Waals surface area contributed by atoms with Crippen LogP contribution in [0.3, 0.4) is 0 Å². The van der Waals surface area contributed by atoms with Crippen molar-refractivity contribution in [3.05, 3.63) is 83.7 Å². The lowest BCUT2D eigenvalue weighted by Gasteiger charge is -2.13. The zero-order valence-corrected chi connectivity index (χ0v) is 17.7. The number of rotatable bonds is 8. The Kier molecular flexibility index (Phi) is 6.76. The van der Waals surface area contributed by atoms with Crippen molar-refractivity contribution in [2.75, 3.05) is 23.4 Å². The van der Waals surface area contributed by atoms with Crippen molar-refractivity contribution in [3.8, 4) is 11.5 Å². The number of benzene rings is 3. The number of ether oxygens (including phenoxy) is 2. The summed E-state index contributed by atoms with van der Waals surface area (Å²) in [6.45, 7) is 0.227. The van der Waals surface area contributed by atoms with Gasteiger partial charge in [-0.3, -0.25) is 9.52 Å². The van der Waals surface area contributed by atoms with Crippen LogP contribution in [0.1, 0.15) is 15.9 Å². The normalized spacial score (nSPS) is 10.9. The van der Waals surface area contributed by atoms with E-state index in [0.717, 1.165) is 11.8 Å². The minimum atomic E-state index is -3.52. The Morgan fingerprint density at radius 2 is 1.77 bits per heavy atom. The Labute approximate surface area is 179 Å². The lowest BCUT2D eigenvalue weighted by Crippen LogP contribution is -2.14. The highest BCUT2D eigenvalue weighted by molar-refractivity contribution is 7.92. The van der Waals surface area contributed by atoms with Crippen LogP contribution in [0.4, 0.5) is 15.8 Å². The van der Waals surface area contributed by atoms with Crippen molar-refractivity contribution in [2.24, 2.45) is 0 Å². The first-order valence-corrected chi connectivity index (χ1v) is 11.1. The Morgan fingerprint density at radius 3 is 2.45 bits per heavy atom. The van der Waals surface area contributed by atoms with Crippen LogP contribution < -0.4 is 19.5 Å². The summed E-state index contributed by atoms with van der Waals surface area (Å²) in [7, 11) is -2.11. The minimum absolute atomic E-state index is 0.208. The van der Waals surface area contributed by atoms with E-state index in [-0.39, 0.29) is 18.1 Å². The van der Waals surface area contributed by atoms with Gasteiger partial charge in [0.05, 0.1) is 19.1 Å². The average molecular weight is 444 g/mol. The molecule has 0 atom stereocenters. The molecule has 0 radical (unpaired) electrons. The molecule has 9 heteroatoms. The minimum Gasteiger partial charge on any atom is -0.495 e. The number of hydrogen-bond acceptors (Lipinski definition) is 5. The maximum absolute atomic E-state index is 13.0. The molecule has 0 bridgehead atoms. The summed E-state index contributed by atoms with van der Waals surface area (Å²) in [6, 6.07) is 17.2. The van der Waals surface area contributed by atoms with Gasteiger partial charge in [0, 0.05) is 11.3 Å². The van der Waals surface area contributed by atoms with E-state index in [2.05, 4.69) is 10.0 Å². The van der Waals surface area contributed by atoms with Gasteiger partial charge in [0.1, 0.15) is 23.9 Å². The Hall–Kier alpha value is -3.59. The molecule has 0 aromatic heterocycles. The molecule has 0 aliphatic rings. The number of carbonyl (C=O) groups excluding carboxylic acids is 1. The molecular formula is C22H21FN2O5S. The van der Waals surface area contributed by atoms with Crippen LogP contribution in [0.15, 0.2) is 66.7 Å². The zero-order valence-electron chi connectivity index (χ0n) is 16.9. The summed E-state index contributed by atoms with van der Waals surface area (Å²) >= 11 is 0. The predicted octanol–water partition coefficient (Wildman–Crippen LogP) is 4.04. The molecule has 162 valence electrons. The van der Waals surface area contributed by atoms with Gasteiger partial charge in [0.25, 0.3) is 5.91 Å². The van der Waals surface area contributed by atoms with E-state index >= 15 is 0 Å². The number of sulfonamides is 1. The smallest absolute Gasteiger partial charge is 0.255 e. The van der Waals surface area contributed by atoms with Crippen LogP contribution in [0.2, 0.25) is 0 Å². The first kappa shape index (κ1) is 22.1. The lowest BCUT2D eigenvalue weighted by atomic mass is 10.2. The highest BCUT2D eigenvalue weighted by atomic mass is 32.2. The topological polar surface area (TPSA) is 93.7 Å². The number of amides is 1. The van der Waals surface area contributed by atoms with Crippen molar-refractivity contribution in [1.29, 1.82) is 0 Å². The molecular weight excluding hydrogens is 423 g/mol. The van der Waals surface area contributed by atoms with E-state index in [1.54, 1.807) is 48.5 Å². The maximum atomic E-state index is 13.0. The molecule has 0 heterocycles. The number of carbonyl (C=O) groups is 1. The fourth-order valence-electron chi connectivity index (χ4n) is 2.74. The molecule has 0 saturated heterocycles. The lowest BCUT2D eigenvalue weighted by molar-refractivity contribution is 0.102. The van der Waals surface area contributed by atoms with E-state index < -0.39 is 15.9 Å². The molecule has 0 aliphatic heterocycles. The molecule has 3 aromatic rings. The number of anilines is 2. The first-order valence-electron chi connectivity index (χ1n) is 9.18. The van der Waals surface area contributed by atoms with E-state index in [1.165, 1.54) is 25.3 Å². The second-order valence-electron chi connectivity index (χ2n) is 6.69. The zero-order chi connectivity index (χ0) is 22.4. The monoisotopic (exact) mass is 444 g/mol. The highest BCUT2D eigenvalue weighted by Gasteiger charge is 2.12. The summed E-state index contributed by atoms with van der Waals surface area (Å²) in [6.07, 6.45) is 1.02. The standard InChI is InChI=1S/C22H21FN2O5S/c1-29-21-11-10-18(13-20(21)25-31(2,27)28)24-22(26)16-4-3-5-19(12-16)30-14-15-6-8-17(23)9-7-15/h3-13,25H,14H2,1-2H3,(H,24,26). The van der Waals surface area contributed by atoms with Crippen molar-refractivity contribution < 1.29 is 27.1 Å². The van der Waals surface area contributed by atoms with Gasteiger partial charge in [0.2, 0.25) is 10.0 Å². The Balaban J connectivity index is 1.71. The van der Waals surface area contributed by atoms with Gasteiger partial charge in [-0.1, -0.05) is 18.2 Å². The third-order valence-corrected chi connectivity index (χ3v) is 4.76. The maximum Gasteiger partial charge on any atom is 0.255 e. The van der Waals surface area contributed by atoms with Crippen molar-refractivity contribution in [2.45, 2.75) is 6.61 Å². The van der Waals surface area contributed by atoms with Gasteiger partial charge >= 0.3 is 0 Å². The van der Waals surface area contributed by atoms with Crippen molar-refractivity contribution >= 4 is 27.3 Å². The van der Waals surface area contributed by atoms with Crippen LogP contribution in [-0.2, 0) is 16.6 Å². The molecule has 31 heavy (non-hydrogen) atoms. The predicted molar refractivity (Wildman–Crippen MR) is 117 cm³/mol. The third kappa shape index (κ3) is 6.45. The number of halogens is 1. The molecule has 0 saturated carbocycles. The van der Waals surface area contributed by atoms with E-state index in [9.17, 15) is 17.6 Å². The van der Waals surface area contributed by atoms with Gasteiger partial charge in [-0.2, -0.15) is 0 Å². The van der Waals surface area contributed by atoms with Crippen LogP contribution in [-0.4, -0.2) is 27.7 Å². The molecule has 1 amide bonds. The van der Waals surface area contributed by atoms with Gasteiger partial charge in [0.15, 0.2) is 0 Å². The van der Waals surface area contributed by atoms with Crippen LogP contribution in [0, 0.1) is 5.82 Å². The SMILES string of the molecule is COc1ccc(NC(=O)c2cccc(OCc3ccc(F)cc3)c2)cc1NS(C)(=O)=O. The second-order valence-corrected chi connectivity index (χ2v) is 8.43. The quantitative estimate of drug-likeness (QED) is 0.547. The summed E-state index contributed by atoms with van der Waals surface area (Å²) < 4.78 is 49.3. The van der Waals surface area contributed by atoms with Gasteiger partial charge in [-0.05, 0) is 54.1 Å². The van der Waals surface area contributed by atoms with E-state index in [1.807, 2.05) is 0 Å². The van der Waals surface area contributed by atoms with E-state index in [4.69, 9.17) is 9.47 Å². The van der Waals surface area contributed by atoms with Crippen molar-refractivity contribution in [1.82, 2.24) is 0 Å². The molecule has 0 unspecified atom stereocenters. The summed E-state index contributed by atoms with van der Waals surface area (Å²) in [5.41, 5.74) is 1.74. The summed E-state index contributed by atoms with van der Waals surface area (Å²) in [5.74, 6) is 0.0734. The number of methoxy groups -OCH3 is 1. The highest BCUT2D eigenvalue weighted by Crippen LogP contribution is 2.29. The van der Waals surface area contributed by atoms with Gasteiger partial charge < -0.3 is 14.8 Å². The third-order valence-electron chi connectivity index (χ3n) is 4.17. The molecule has 7 nitrogen and oxygen atoms in total. The number of hydrogen-bond donors (Lipinski definition) is 2. The number of nitrogens with one attached hydrogen (secondary N) is 2.